The molecular weight excluding hydrogens is 288 g/mol. The van der Waals surface area contributed by atoms with E-state index in [4.69, 9.17) is 0 Å². The Morgan fingerprint density at radius 3 is 2.56 bits per heavy atom. The second kappa shape index (κ2) is 6.69. The molecule has 2 rings (SSSR count). The minimum Gasteiger partial charge on any atom is -0.298 e. The first-order valence-corrected chi connectivity index (χ1v) is 7.69. The molecule has 18 heavy (non-hydrogen) atoms. The number of hydrogen-bond donors (Lipinski definition) is 0. The average Bonchev–Trinajstić information content (AvgIpc) is 2.39. The zero-order chi connectivity index (χ0) is 13.0. The van der Waals surface area contributed by atoms with Crippen LogP contribution in [0.4, 0.5) is 0 Å². The summed E-state index contributed by atoms with van der Waals surface area (Å²) in [5.41, 5.74) is 1.40. The third kappa shape index (κ3) is 3.81. The summed E-state index contributed by atoms with van der Waals surface area (Å²) in [4.78, 5) is 5.16. The highest BCUT2D eigenvalue weighted by atomic mass is 79.9. The second-order valence-electron chi connectivity index (χ2n) is 5.20. The lowest BCUT2D eigenvalue weighted by Gasteiger charge is -2.37. The molecule has 0 saturated carbocycles. The molecule has 1 aliphatic rings. The van der Waals surface area contributed by atoms with Crippen molar-refractivity contribution >= 4 is 15.9 Å². The highest BCUT2D eigenvalue weighted by Crippen LogP contribution is 2.15. The van der Waals surface area contributed by atoms with E-state index in [9.17, 15) is 0 Å². The van der Waals surface area contributed by atoms with Crippen molar-refractivity contribution in [2.45, 2.75) is 32.9 Å². The molecule has 1 atom stereocenters. The molecule has 0 aromatic heterocycles. The maximum Gasteiger partial charge on any atom is 0.0235 e. The summed E-state index contributed by atoms with van der Waals surface area (Å²) in [6.45, 7) is 10.5. The Labute approximate surface area is 119 Å². The summed E-state index contributed by atoms with van der Waals surface area (Å²) in [5.74, 6) is 0. The first-order chi connectivity index (χ1) is 8.69. The summed E-state index contributed by atoms with van der Waals surface area (Å²) in [6.07, 6.45) is 1.26. The van der Waals surface area contributed by atoms with Crippen LogP contribution in [0.3, 0.4) is 0 Å². The van der Waals surface area contributed by atoms with E-state index in [-0.39, 0.29) is 0 Å². The van der Waals surface area contributed by atoms with Gasteiger partial charge in [0.25, 0.3) is 0 Å². The van der Waals surface area contributed by atoms with Gasteiger partial charge < -0.3 is 0 Å². The normalized spacial score (nSPS) is 19.9. The first kappa shape index (κ1) is 14.0. The molecule has 3 heteroatoms. The molecule has 1 aromatic rings. The van der Waals surface area contributed by atoms with E-state index < -0.39 is 0 Å². The predicted octanol–water partition coefficient (Wildman–Crippen LogP) is 3.37. The highest BCUT2D eigenvalue weighted by Gasteiger charge is 2.19. The summed E-state index contributed by atoms with van der Waals surface area (Å²) >= 11 is 3.54. The van der Waals surface area contributed by atoms with Crippen molar-refractivity contribution < 1.29 is 0 Å². The molecule has 1 aliphatic heterocycles. The zero-order valence-electron chi connectivity index (χ0n) is 11.4. The van der Waals surface area contributed by atoms with Crippen molar-refractivity contribution in [3.63, 3.8) is 0 Å². The summed E-state index contributed by atoms with van der Waals surface area (Å²) in [7, 11) is 0. The van der Waals surface area contributed by atoms with Crippen molar-refractivity contribution in [2.75, 3.05) is 26.2 Å². The number of rotatable bonds is 4. The number of piperazine rings is 1. The molecule has 100 valence electrons. The largest absolute Gasteiger partial charge is 0.298 e. The molecule has 1 saturated heterocycles. The van der Waals surface area contributed by atoms with Gasteiger partial charge in [-0.1, -0.05) is 35.0 Å². The average molecular weight is 311 g/mol. The molecule has 1 aromatic carbocycles. The van der Waals surface area contributed by atoms with Crippen molar-refractivity contribution in [1.29, 1.82) is 0 Å². The van der Waals surface area contributed by atoms with Gasteiger partial charge in [0.15, 0.2) is 0 Å². The van der Waals surface area contributed by atoms with Crippen LogP contribution in [0.2, 0.25) is 0 Å². The van der Waals surface area contributed by atoms with E-state index in [1.54, 1.807) is 0 Å². The third-order valence-electron chi connectivity index (χ3n) is 3.92. The van der Waals surface area contributed by atoms with Crippen LogP contribution in [0, 0.1) is 0 Å². The Hall–Kier alpha value is -0.380. The molecule has 0 aliphatic carbocycles. The smallest absolute Gasteiger partial charge is 0.0235 e. The molecule has 0 spiro atoms. The van der Waals surface area contributed by atoms with Gasteiger partial charge in [-0.3, -0.25) is 9.80 Å². The van der Waals surface area contributed by atoms with Gasteiger partial charge in [0.2, 0.25) is 0 Å². The Morgan fingerprint density at radius 1 is 1.22 bits per heavy atom. The van der Waals surface area contributed by atoms with E-state index in [2.05, 4.69) is 63.8 Å². The molecule has 0 N–H and O–H groups in total. The molecule has 0 amide bonds. The molecule has 1 fully saturated rings. The zero-order valence-corrected chi connectivity index (χ0v) is 13.0. The lowest BCUT2D eigenvalue weighted by atomic mass is 10.1. The fraction of sp³-hybridized carbons (Fsp3) is 0.600. The van der Waals surface area contributed by atoms with Gasteiger partial charge >= 0.3 is 0 Å². The van der Waals surface area contributed by atoms with E-state index >= 15 is 0 Å². The van der Waals surface area contributed by atoms with Crippen LogP contribution >= 0.6 is 15.9 Å². The summed E-state index contributed by atoms with van der Waals surface area (Å²) < 4.78 is 1.18. The van der Waals surface area contributed by atoms with Gasteiger partial charge in [0.1, 0.15) is 0 Å². The van der Waals surface area contributed by atoms with Crippen LogP contribution in [0.15, 0.2) is 28.7 Å². The van der Waals surface area contributed by atoms with Crippen LogP contribution in [-0.4, -0.2) is 42.0 Å². The Bertz CT molecular complexity index is 373. The number of hydrogen-bond acceptors (Lipinski definition) is 2. The van der Waals surface area contributed by atoms with Crippen LogP contribution in [0.5, 0.6) is 0 Å². The van der Waals surface area contributed by atoms with Crippen LogP contribution in [0.25, 0.3) is 0 Å². The first-order valence-electron chi connectivity index (χ1n) is 6.90. The maximum absolute atomic E-state index is 3.54. The minimum absolute atomic E-state index is 0.734. The van der Waals surface area contributed by atoms with Gasteiger partial charge in [0, 0.05) is 43.2 Å². The summed E-state index contributed by atoms with van der Waals surface area (Å²) in [5, 5.41) is 0. The van der Waals surface area contributed by atoms with Crippen molar-refractivity contribution in [2.24, 2.45) is 0 Å². The van der Waals surface area contributed by atoms with Crippen molar-refractivity contribution in [1.82, 2.24) is 9.80 Å². The van der Waals surface area contributed by atoms with Gasteiger partial charge in [-0.2, -0.15) is 0 Å². The molecule has 2 nitrogen and oxygen atoms in total. The Morgan fingerprint density at radius 2 is 1.94 bits per heavy atom. The molecule has 0 radical (unpaired) electrons. The van der Waals surface area contributed by atoms with E-state index in [1.807, 2.05) is 0 Å². The van der Waals surface area contributed by atoms with Gasteiger partial charge in [-0.15, -0.1) is 0 Å². The second-order valence-corrected chi connectivity index (χ2v) is 6.11. The van der Waals surface area contributed by atoms with E-state index in [1.165, 1.54) is 42.6 Å². The van der Waals surface area contributed by atoms with Crippen LogP contribution in [0.1, 0.15) is 25.8 Å². The summed E-state index contributed by atoms with van der Waals surface area (Å²) in [6, 6.07) is 9.38. The van der Waals surface area contributed by atoms with E-state index in [0.717, 1.165) is 12.6 Å². The molecule has 0 unspecified atom stereocenters. The monoisotopic (exact) mass is 310 g/mol. The topological polar surface area (TPSA) is 6.48 Å². The Kier molecular flexibility index (Phi) is 5.22. The SMILES string of the molecule is CC[C@H](C)N1CCN(Cc2cccc(Br)c2)CC1. The fourth-order valence-electron chi connectivity index (χ4n) is 2.51. The minimum atomic E-state index is 0.734. The Balaban J connectivity index is 1.83. The quantitative estimate of drug-likeness (QED) is 0.841. The van der Waals surface area contributed by atoms with Crippen LogP contribution in [-0.2, 0) is 6.54 Å². The van der Waals surface area contributed by atoms with Crippen molar-refractivity contribution in [3.05, 3.63) is 34.3 Å². The van der Waals surface area contributed by atoms with Gasteiger partial charge in [0.05, 0.1) is 0 Å². The highest BCUT2D eigenvalue weighted by molar-refractivity contribution is 9.10. The fourth-order valence-corrected chi connectivity index (χ4v) is 2.96. The van der Waals surface area contributed by atoms with Gasteiger partial charge in [-0.25, -0.2) is 0 Å². The molecule has 1 heterocycles. The lowest BCUT2D eigenvalue weighted by molar-refractivity contribution is 0.0963. The number of nitrogens with zero attached hydrogens (tertiary/aromatic N) is 2. The standard InChI is InChI=1S/C15H23BrN2/c1-3-13(2)18-9-7-17(8-10-18)12-14-5-4-6-15(16)11-14/h4-6,11,13H,3,7-10,12H2,1-2H3/t13-/m0/s1. The lowest BCUT2D eigenvalue weighted by Crippen LogP contribution is -2.48. The van der Waals surface area contributed by atoms with Crippen molar-refractivity contribution in [3.8, 4) is 0 Å². The maximum atomic E-state index is 3.54. The number of benzene rings is 1. The molecule has 0 bridgehead atoms. The van der Waals surface area contributed by atoms with Crippen LogP contribution < -0.4 is 0 Å². The third-order valence-corrected chi connectivity index (χ3v) is 4.41. The van der Waals surface area contributed by atoms with E-state index in [0.29, 0.717) is 0 Å². The van der Waals surface area contributed by atoms with Gasteiger partial charge in [-0.05, 0) is 31.0 Å². The molecular formula is C15H23BrN2. The number of halogens is 1. The predicted molar refractivity (Wildman–Crippen MR) is 80.7 cm³/mol.